The quantitative estimate of drug-likeness (QED) is 0.913. The molecule has 0 saturated carbocycles. The predicted octanol–water partition coefficient (Wildman–Crippen LogP) is 1.97. The summed E-state index contributed by atoms with van der Waals surface area (Å²) in [6, 6.07) is 4.72. The van der Waals surface area contributed by atoms with Gasteiger partial charge in [0, 0.05) is 5.56 Å². The van der Waals surface area contributed by atoms with Gasteiger partial charge in [-0.05, 0) is 23.6 Å². The highest BCUT2D eigenvalue weighted by Crippen LogP contribution is 2.34. The van der Waals surface area contributed by atoms with Gasteiger partial charge in [0.05, 0.1) is 14.2 Å². The molecule has 1 aromatic rings. The van der Waals surface area contributed by atoms with E-state index in [0.717, 1.165) is 7.11 Å². The van der Waals surface area contributed by atoms with E-state index in [2.05, 4.69) is 4.74 Å². The lowest BCUT2D eigenvalue weighted by Gasteiger charge is -2.23. The van der Waals surface area contributed by atoms with Crippen molar-refractivity contribution in [1.82, 2.24) is 4.72 Å². The van der Waals surface area contributed by atoms with E-state index in [9.17, 15) is 13.2 Å². The van der Waals surface area contributed by atoms with Gasteiger partial charge < -0.3 is 13.7 Å². The number of nitrogens with one attached hydrogen (secondary N) is 1. The third kappa shape index (κ3) is 4.82. The molecule has 0 atom stereocenters. The monoisotopic (exact) mass is 317 g/mol. The highest BCUT2D eigenvalue weighted by Gasteiger charge is 2.24. The van der Waals surface area contributed by atoms with Gasteiger partial charge in [-0.25, -0.2) is 4.79 Å². The summed E-state index contributed by atoms with van der Waals surface area (Å²) in [5, 5.41) is 0. The van der Waals surface area contributed by atoms with E-state index in [1.807, 2.05) is 20.8 Å². The number of ether oxygens (including phenoxy) is 2. The van der Waals surface area contributed by atoms with E-state index < -0.39 is 16.4 Å². The fraction of sp³-hybridized carbons (Fsp3) is 0.462. The Bertz CT molecular complexity index is 618. The zero-order chi connectivity index (χ0) is 16.3. The Labute approximate surface area is 124 Å². The van der Waals surface area contributed by atoms with Crippen molar-refractivity contribution in [3.05, 3.63) is 23.8 Å². The Morgan fingerprint density at radius 3 is 2.29 bits per heavy atom. The van der Waals surface area contributed by atoms with E-state index in [-0.39, 0.29) is 11.2 Å². The molecule has 1 rings (SSSR count). The lowest BCUT2D eigenvalue weighted by Crippen LogP contribution is -2.34. The summed E-state index contributed by atoms with van der Waals surface area (Å²) in [4.78, 5) is 11.0. The summed E-state index contributed by atoms with van der Waals surface area (Å²) in [5.74, 6) is 0.685. The first-order valence-corrected chi connectivity index (χ1v) is 7.48. The molecule has 1 N–H and O–H groups in total. The molecule has 0 unspecified atom stereocenters. The number of hydrogen-bond acceptors (Lipinski definition) is 6. The van der Waals surface area contributed by atoms with Crippen LogP contribution in [0.3, 0.4) is 0 Å². The summed E-state index contributed by atoms with van der Waals surface area (Å²) in [6.45, 7) is 5.69. The van der Waals surface area contributed by atoms with E-state index in [1.54, 1.807) is 16.9 Å². The molecule has 118 valence electrons. The maximum absolute atomic E-state index is 11.7. The molecule has 7 nitrogen and oxygen atoms in total. The van der Waals surface area contributed by atoms with Crippen molar-refractivity contribution in [3.8, 4) is 11.5 Å². The number of amides is 1. The minimum Gasteiger partial charge on any atom is -0.497 e. The van der Waals surface area contributed by atoms with Gasteiger partial charge in [-0.2, -0.15) is 13.1 Å². The van der Waals surface area contributed by atoms with Crippen LogP contribution in [0.15, 0.2) is 18.2 Å². The molecule has 0 aliphatic carbocycles. The second-order valence-electron chi connectivity index (χ2n) is 5.24. The van der Waals surface area contributed by atoms with Crippen molar-refractivity contribution >= 4 is 16.4 Å². The van der Waals surface area contributed by atoms with Gasteiger partial charge in [0.2, 0.25) is 0 Å². The lowest BCUT2D eigenvalue weighted by molar-refractivity contribution is 0.177. The van der Waals surface area contributed by atoms with Crippen LogP contribution in [0.25, 0.3) is 0 Å². The Balaban J connectivity index is 3.16. The second-order valence-corrected chi connectivity index (χ2v) is 6.52. The average Bonchev–Trinajstić information content (AvgIpc) is 2.36. The van der Waals surface area contributed by atoms with Gasteiger partial charge in [-0.15, -0.1) is 0 Å². The number of benzene rings is 1. The molecule has 0 fully saturated rings. The maximum atomic E-state index is 11.7. The minimum atomic E-state index is -4.31. The van der Waals surface area contributed by atoms with E-state index >= 15 is 0 Å². The summed E-state index contributed by atoms with van der Waals surface area (Å²) in [5.41, 5.74) is 0.238. The number of hydrogen-bond donors (Lipinski definition) is 1. The summed E-state index contributed by atoms with van der Waals surface area (Å²) >= 11 is 0. The van der Waals surface area contributed by atoms with Crippen LogP contribution in [-0.2, 0) is 20.5 Å². The maximum Gasteiger partial charge on any atom is 0.423 e. The van der Waals surface area contributed by atoms with Crippen LogP contribution < -0.4 is 13.6 Å². The fourth-order valence-corrected chi connectivity index (χ4v) is 2.29. The first-order valence-electron chi connectivity index (χ1n) is 6.08. The lowest BCUT2D eigenvalue weighted by atomic mass is 9.86. The summed E-state index contributed by atoms with van der Waals surface area (Å²) in [7, 11) is -1.75. The summed E-state index contributed by atoms with van der Waals surface area (Å²) < 4.78 is 39.4. The Morgan fingerprint density at radius 1 is 1.19 bits per heavy atom. The third-order valence-electron chi connectivity index (χ3n) is 2.59. The molecule has 0 aromatic heterocycles. The van der Waals surface area contributed by atoms with E-state index in [0.29, 0.717) is 11.3 Å². The molecule has 0 spiro atoms. The van der Waals surface area contributed by atoms with Gasteiger partial charge in [-0.1, -0.05) is 20.8 Å². The van der Waals surface area contributed by atoms with E-state index in [4.69, 9.17) is 8.92 Å². The third-order valence-corrected chi connectivity index (χ3v) is 3.40. The molecule has 0 heterocycles. The first kappa shape index (κ1) is 17.1. The normalized spacial score (nSPS) is 11.7. The van der Waals surface area contributed by atoms with E-state index in [1.165, 1.54) is 13.2 Å². The standard InChI is InChI=1S/C13H19NO6S/c1-13(2,3)10-8-9(18-4)6-7-11(10)20-21(16,17)14-12(15)19-5/h6-8H,1-5H3,(H,14,15). The molecular formula is C13H19NO6S. The van der Waals surface area contributed by atoms with Gasteiger partial charge in [0.15, 0.2) is 0 Å². The number of methoxy groups -OCH3 is 2. The highest BCUT2D eigenvalue weighted by atomic mass is 32.2. The molecule has 0 radical (unpaired) electrons. The second kappa shape index (κ2) is 6.21. The predicted molar refractivity (Wildman–Crippen MR) is 76.8 cm³/mol. The van der Waals surface area contributed by atoms with Crippen LogP contribution in [0.2, 0.25) is 0 Å². The molecular weight excluding hydrogens is 298 g/mol. The fourth-order valence-electron chi connectivity index (χ4n) is 1.58. The van der Waals surface area contributed by atoms with Crippen molar-refractivity contribution < 1.29 is 26.9 Å². The molecule has 0 aliphatic rings. The van der Waals surface area contributed by atoms with Crippen LogP contribution >= 0.6 is 0 Å². The molecule has 21 heavy (non-hydrogen) atoms. The van der Waals surface area contributed by atoms with Crippen molar-refractivity contribution in [1.29, 1.82) is 0 Å². The molecule has 0 bridgehead atoms. The SMILES string of the molecule is COC(=O)NS(=O)(=O)Oc1ccc(OC)cc1C(C)(C)C. The van der Waals surface area contributed by atoms with Gasteiger partial charge in [-0.3, -0.25) is 0 Å². The topological polar surface area (TPSA) is 90.9 Å². The van der Waals surface area contributed by atoms with Crippen molar-refractivity contribution in [3.63, 3.8) is 0 Å². The Kier molecular flexibility index (Phi) is 5.06. The average molecular weight is 317 g/mol. The molecule has 0 aliphatic heterocycles. The van der Waals surface area contributed by atoms with Crippen molar-refractivity contribution in [2.45, 2.75) is 26.2 Å². The van der Waals surface area contributed by atoms with Crippen LogP contribution in [-0.4, -0.2) is 28.7 Å². The zero-order valence-corrected chi connectivity index (χ0v) is 13.4. The Hall–Kier alpha value is -1.96. The molecule has 1 aromatic carbocycles. The Morgan fingerprint density at radius 2 is 1.81 bits per heavy atom. The van der Waals surface area contributed by atoms with Crippen LogP contribution in [0.1, 0.15) is 26.3 Å². The highest BCUT2D eigenvalue weighted by molar-refractivity contribution is 7.85. The largest absolute Gasteiger partial charge is 0.497 e. The van der Waals surface area contributed by atoms with Crippen molar-refractivity contribution in [2.24, 2.45) is 0 Å². The van der Waals surface area contributed by atoms with Crippen LogP contribution in [0, 0.1) is 0 Å². The summed E-state index contributed by atoms with van der Waals surface area (Å²) in [6.07, 6.45) is -1.12. The molecule has 1 amide bonds. The van der Waals surface area contributed by atoms with Crippen molar-refractivity contribution in [2.75, 3.05) is 14.2 Å². The number of carbonyl (C=O) groups excluding carboxylic acids is 1. The van der Waals surface area contributed by atoms with Gasteiger partial charge >= 0.3 is 16.4 Å². The van der Waals surface area contributed by atoms with Gasteiger partial charge in [0.1, 0.15) is 11.5 Å². The zero-order valence-electron chi connectivity index (χ0n) is 12.6. The smallest absolute Gasteiger partial charge is 0.423 e. The van der Waals surface area contributed by atoms with Gasteiger partial charge in [0.25, 0.3) is 0 Å². The van der Waals surface area contributed by atoms with Crippen LogP contribution in [0.4, 0.5) is 4.79 Å². The van der Waals surface area contributed by atoms with Crippen LogP contribution in [0.5, 0.6) is 11.5 Å². The molecule has 0 saturated heterocycles. The number of carbonyl (C=O) groups is 1. The molecule has 8 heteroatoms. The number of rotatable bonds is 4. The first-order chi connectivity index (χ1) is 9.59. The minimum absolute atomic E-state index is 0.111.